The third kappa shape index (κ3) is 4.26. The molecule has 0 aromatic heterocycles. The minimum Gasteiger partial charge on any atom is -0.489 e. The van der Waals surface area contributed by atoms with Gasteiger partial charge in [-0.2, -0.15) is 0 Å². The van der Waals surface area contributed by atoms with E-state index in [4.69, 9.17) is 15.6 Å². The molecule has 0 fully saturated rings. The van der Waals surface area contributed by atoms with Gasteiger partial charge in [-0.1, -0.05) is 45.9 Å². The SMILES string of the molecule is CC(Oc1ccc2c(c1)C(C)(C)CCC2(C)C)C(N)C(=O)c1ccc(C(=O)O)cc1. The first-order valence-corrected chi connectivity index (χ1v) is 10.4. The van der Waals surface area contributed by atoms with Crippen LogP contribution in [0.25, 0.3) is 0 Å². The highest BCUT2D eigenvalue weighted by molar-refractivity contribution is 6.01. The fourth-order valence-electron chi connectivity index (χ4n) is 4.11. The molecule has 3 N–H and O–H groups in total. The fraction of sp³-hybridized carbons (Fsp3) is 0.440. The average molecular weight is 410 g/mol. The third-order valence-corrected chi connectivity index (χ3v) is 6.37. The fourth-order valence-corrected chi connectivity index (χ4v) is 4.11. The molecule has 3 rings (SSSR count). The first-order valence-electron chi connectivity index (χ1n) is 10.4. The lowest BCUT2D eigenvalue weighted by molar-refractivity contribution is 0.0696. The van der Waals surface area contributed by atoms with Crippen molar-refractivity contribution in [2.24, 2.45) is 5.73 Å². The van der Waals surface area contributed by atoms with Crippen LogP contribution in [0.4, 0.5) is 0 Å². The molecule has 1 aliphatic rings. The van der Waals surface area contributed by atoms with Crippen molar-refractivity contribution in [1.82, 2.24) is 0 Å². The zero-order chi connectivity index (χ0) is 22.3. The van der Waals surface area contributed by atoms with Gasteiger partial charge in [-0.15, -0.1) is 0 Å². The lowest BCUT2D eigenvalue weighted by Crippen LogP contribution is -2.43. The quantitative estimate of drug-likeness (QED) is 0.674. The third-order valence-electron chi connectivity index (χ3n) is 6.37. The molecule has 0 saturated carbocycles. The van der Waals surface area contributed by atoms with E-state index in [0.29, 0.717) is 11.3 Å². The minimum atomic E-state index is -1.03. The smallest absolute Gasteiger partial charge is 0.335 e. The largest absolute Gasteiger partial charge is 0.489 e. The average Bonchev–Trinajstić information content (AvgIpc) is 2.70. The van der Waals surface area contributed by atoms with Crippen LogP contribution in [0.2, 0.25) is 0 Å². The highest BCUT2D eigenvalue weighted by Crippen LogP contribution is 2.46. The van der Waals surface area contributed by atoms with E-state index in [0.717, 1.165) is 12.8 Å². The Kier molecular flexibility index (Phi) is 5.79. The molecule has 1 aliphatic carbocycles. The highest BCUT2D eigenvalue weighted by atomic mass is 16.5. The van der Waals surface area contributed by atoms with Crippen molar-refractivity contribution in [3.8, 4) is 5.75 Å². The van der Waals surface area contributed by atoms with Gasteiger partial charge in [-0.25, -0.2) is 4.79 Å². The second-order valence-electron chi connectivity index (χ2n) is 9.57. The van der Waals surface area contributed by atoms with Gasteiger partial charge in [-0.3, -0.25) is 4.79 Å². The lowest BCUT2D eigenvalue weighted by Gasteiger charge is -2.42. The van der Waals surface area contributed by atoms with Gasteiger partial charge >= 0.3 is 5.97 Å². The number of Topliss-reactive ketones (excluding diaryl/α,β-unsaturated/α-hetero) is 1. The number of benzene rings is 2. The Bertz CT molecular complexity index is 960. The molecule has 2 aromatic rings. The maximum absolute atomic E-state index is 12.7. The molecule has 0 radical (unpaired) electrons. The molecule has 5 heteroatoms. The minimum absolute atomic E-state index is 0.0667. The highest BCUT2D eigenvalue weighted by Gasteiger charge is 2.37. The van der Waals surface area contributed by atoms with Crippen LogP contribution in [0.5, 0.6) is 5.75 Å². The van der Waals surface area contributed by atoms with Crippen LogP contribution in [0, 0.1) is 0 Å². The summed E-state index contributed by atoms with van der Waals surface area (Å²) >= 11 is 0. The number of hydrogen-bond donors (Lipinski definition) is 2. The number of fused-ring (bicyclic) bond motifs is 1. The zero-order valence-electron chi connectivity index (χ0n) is 18.4. The van der Waals surface area contributed by atoms with Gasteiger partial charge in [0.15, 0.2) is 5.78 Å². The van der Waals surface area contributed by atoms with E-state index in [-0.39, 0.29) is 22.2 Å². The van der Waals surface area contributed by atoms with E-state index in [9.17, 15) is 9.59 Å². The van der Waals surface area contributed by atoms with Crippen LogP contribution in [0.15, 0.2) is 42.5 Å². The van der Waals surface area contributed by atoms with E-state index >= 15 is 0 Å². The first kappa shape index (κ1) is 22.0. The van der Waals surface area contributed by atoms with Crippen molar-refractivity contribution in [2.75, 3.05) is 0 Å². The molecule has 5 nitrogen and oxygen atoms in total. The van der Waals surface area contributed by atoms with Gasteiger partial charge in [0, 0.05) is 5.56 Å². The van der Waals surface area contributed by atoms with Gasteiger partial charge in [0.1, 0.15) is 17.9 Å². The summed E-state index contributed by atoms with van der Waals surface area (Å²) in [4.78, 5) is 23.7. The molecule has 0 saturated heterocycles. The number of hydrogen-bond acceptors (Lipinski definition) is 4. The summed E-state index contributed by atoms with van der Waals surface area (Å²) in [6.07, 6.45) is 1.72. The Morgan fingerprint density at radius 3 is 2.03 bits per heavy atom. The monoisotopic (exact) mass is 409 g/mol. The number of ether oxygens (including phenoxy) is 1. The van der Waals surface area contributed by atoms with Crippen LogP contribution >= 0.6 is 0 Å². The van der Waals surface area contributed by atoms with Crippen molar-refractivity contribution in [2.45, 2.75) is 70.4 Å². The van der Waals surface area contributed by atoms with E-state index in [1.54, 1.807) is 6.92 Å². The second kappa shape index (κ2) is 7.88. The van der Waals surface area contributed by atoms with Crippen molar-refractivity contribution < 1.29 is 19.4 Å². The summed E-state index contributed by atoms with van der Waals surface area (Å²) in [5.74, 6) is -0.608. The number of ketones is 1. The standard InChI is InChI=1S/C25H31NO4/c1-15(21(26)22(27)16-6-8-17(9-7-16)23(28)29)30-18-10-11-19-20(14-18)25(4,5)13-12-24(19,2)3/h6-11,14-15,21H,12-13,26H2,1-5H3,(H,28,29). The van der Waals surface area contributed by atoms with Gasteiger partial charge in [0.2, 0.25) is 0 Å². The van der Waals surface area contributed by atoms with E-state index in [2.05, 4.69) is 39.8 Å². The van der Waals surface area contributed by atoms with E-state index in [1.165, 1.54) is 35.4 Å². The molecular weight excluding hydrogens is 378 g/mol. The molecule has 2 unspecified atom stereocenters. The number of rotatable bonds is 6. The summed E-state index contributed by atoms with van der Waals surface area (Å²) in [7, 11) is 0. The van der Waals surface area contributed by atoms with Gasteiger partial charge in [0.05, 0.1) is 5.56 Å². The molecule has 2 atom stereocenters. The Hall–Kier alpha value is -2.66. The topological polar surface area (TPSA) is 89.6 Å². The molecule has 0 aliphatic heterocycles. The van der Waals surface area contributed by atoms with Crippen molar-refractivity contribution >= 4 is 11.8 Å². The molecule has 0 bridgehead atoms. The summed E-state index contributed by atoms with van der Waals surface area (Å²) < 4.78 is 6.07. The summed E-state index contributed by atoms with van der Waals surface area (Å²) in [6.45, 7) is 10.8. The maximum atomic E-state index is 12.7. The predicted molar refractivity (Wildman–Crippen MR) is 118 cm³/mol. The first-order chi connectivity index (χ1) is 13.9. The Morgan fingerprint density at radius 2 is 1.47 bits per heavy atom. The Balaban J connectivity index is 1.77. The molecule has 30 heavy (non-hydrogen) atoms. The molecular formula is C25H31NO4. The van der Waals surface area contributed by atoms with Crippen LogP contribution in [0.3, 0.4) is 0 Å². The predicted octanol–water partition coefficient (Wildman–Crippen LogP) is 4.71. The van der Waals surface area contributed by atoms with Gasteiger partial charge in [-0.05, 0) is 66.0 Å². The molecule has 0 spiro atoms. The maximum Gasteiger partial charge on any atom is 0.335 e. The van der Waals surface area contributed by atoms with Crippen molar-refractivity contribution in [1.29, 1.82) is 0 Å². The number of carboxylic acids is 1. The van der Waals surface area contributed by atoms with Crippen LogP contribution < -0.4 is 10.5 Å². The lowest BCUT2D eigenvalue weighted by atomic mass is 9.63. The molecule has 2 aromatic carbocycles. The van der Waals surface area contributed by atoms with E-state index in [1.807, 2.05) is 6.07 Å². The van der Waals surface area contributed by atoms with Crippen molar-refractivity contribution in [3.63, 3.8) is 0 Å². The van der Waals surface area contributed by atoms with Crippen LogP contribution in [-0.2, 0) is 10.8 Å². The number of carboxylic acid groups (broad SMARTS) is 1. The molecule has 160 valence electrons. The van der Waals surface area contributed by atoms with Gasteiger partial charge < -0.3 is 15.6 Å². The number of carbonyl (C=O) groups is 2. The number of aromatic carboxylic acids is 1. The van der Waals surface area contributed by atoms with Gasteiger partial charge in [0.25, 0.3) is 0 Å². The van der Waals surface area contributed by atoms with Crippen LogP contribution in [0.1, 0.15) is 79.3 Å². The Labute approximate surface area is 178 Å². The number of carbonyl (C=O) groups excluding carboxylic acids is 1. The Morgan fingerprint density at radius 1 is 0.933 bits per heavy atom. The zero-order valence-corrected chi connectivity index (χ0v) is 18.4. The molecule has 0 amide bonds. The second-order valence-corrected chi connectivity index (χ2v) is 9.57. The number of nitrogens with two attached hydrogens (primary N) is 1. The normalized spacial score (nSPS) is 18.7. The van der Waals surface area contributed by atoms with Crippen molar-refractivity contribution in [3.05, 3.63) is 64.7 Å². The summed E-state index contributed by atoms with van der Waals surface area (Å²) in [5, 5.41) is 9.00. The summed E-state index contributed by atoms with van der Waals surface area (Å²) in [5.41, 5.74) is 9.51. The summed E-state index contributed by atoms with van der Waals surface area (Å²) in [6, 6.07) is 11.1. The van der Waals surface area contributed by atoms with E-state index < -0.39 is 18.1 Å². The molecule has 0 heterocycles. The van der Waals surface area contributed by atoms with Crippen LogP contribution in [-0.4, -0.2) is 29.0 Å².